The van der Waals surface area contributed by atoms with Crippen LogP contribution in [0.4, 0.5) is 14.5 Å². The highest BCUT2D eigenvalue weighted by Crippen LogP contribution is 2.27. The number of amides is 1. The van der Waals surface area contributed by atoms with Crippen molar-refractivity contribution in [2.45, 2.75) is 6.92 Å². The second kappa shape index (κ2) is 8.86. The van der Waals surface area contributed by atoms with E-state index in [0.29, 0.717) is 31.8 Å². The maximum absolute atomic E-state index is 14.3. The van der Waals surface area contributed by atoms with Gasteiger partial charge in [-0.15, -0.1) is 0 Å². The lowest BCUT2D eigenvalue weighted by molar-refractivity contribution is 0.0492. The van der Waals surface area contributed by atoms with E-state index in [-0.39, 0.29) is 18.1 Å². The Balaban J connectivity index is 1.46. The molecular formula is C23H22F2N2O5. The Morgan fingerprint density at radius 3 is 2.34 bits per heavy atom. The van der Waals surface area contributed by atoms with E-state index in [0.717, 1.165) is 23.2 Å². The van der Waals surface area contributed by atoms with Gasteiger partial charge in [0.25, 0.3) is 5.91 Å². The molecule has 0 radical (unpaired) electrons. The first kappa shape index (κ1) is 21.6. The van der Waals surface area contributed by atoms with Crippen LogP contribution in [-0.2, 0) is 4.74 Å². The summed E-state index contributed by atoms with van der Waals surface area (Å²) in [4.78, 5) is 28.1. The zero-order valence-electron chi connectivity index (χ0n) is 17.7. The molecule has 0 unspecified atom stereocenters. The average molecular weight is 444 g/mol. The van der Waals surface area contributed by atoms with Gasteiger partial charge in [-0.2, -0.15) is 0 Å². The Labute approximate surface area is 183 Å². The molecule has 0 aliphatic carbocycles. The van der Waals surface area contributed by atoms with Crippen LogP contribution in [0.25, 0.3) is 11.0 Å². The molecule has 7 nitrogen and oxygen atoms in total. The lowest BCUT2D eigenvalue weighted by atomic mass is 10.1. The van der Waals surface area contributed by atoms with Crippen LogP contribution in [0.2, 0.25) is 0 Å². The highest BCUT2D eigenvalue weighted by atomic mass is 19.1. The third-order valence-corrected chi connectivity index (χ3v) is 5.37. The minimum absolute atomic E-state index is 0.0159. The van der Waals surface area contributed by atoms with Crippen molar-refractivity contribution in [2.75, 3.05) is 44.8 Å². The van der Waals surface area contributed by atoms with Gasteiger partial charge in [0.05, 0.1) is 13.7 Å². The summed E-state index contributed by atoms with van der Waals surface area (Å²) in [7, 11) is 1.30. The number of carbonyl (C=O) groups is 2. The normalized spacial score (nSPS) is 14.0. The van der Waals surface area contributed by atoms with Crippen LogP contribution in [-0.4, -0.2) is 56.7 Å². The maximum atomic E-state index is 14.3. The molecule has 0 atom stereocenters. The molecule has 3 aromatic rings. The van der Waals surface area contributed by atoms with E-state index < -0.39 is 29.1 Å². The zero-order chi connectivity index (χ0) is 22.8. The van der Waals surface area contributed by atoms with Gasteiger partial charge in [0, 0.05) is 49.4 Å². The minimum atomic E-state index is -0.947. The Bertz CT molecular complexity index is 1150. The highest BCUT2D eigenvalue weighted by molar-refractivity contribution is 5.95. The highest BCUT2D eigenvalue weighted by Gasteiger charge is 2.27. The average Bonchev–Trinajstić information content (AvgIpc) is 3.22. The summed E-state index contributed by atoms with van der Waals surface area (Å²) >= 11 is 0. The summed E-state index contributed by atoms with van der Waals surface area (Å²) in [5, 5.41) is 0.756. The van der Waals surface area contributed by atoms with E-state index in [1.807, 2.05) is 12.1 Å². The molecular weight excluding hydrogens is 422 g/mol. The van der Waals surface area contributed by atoms with Gasteiger partial charge in [0.1, 0.15) is 28.5 Å². The lowest BCUT2D eigenvalue weighted by Crippen LogP contribution is -2.49. The number of nitrogens with zero attached hydrogens (tertiary/aromatic N) is 2. The number of benzene rings is 2. The second-order valence-corrected chi connectivity index (χ2v) is 7.30. The molecule has 9 heteroatoms. The van der Waals surface area contributed by atoms with Crippen molar-refractivity contribution in [3.63, 3.8) is 0 Å². The van der Waals surface area contributed by atoms with E-state index >= 15 is 0 Å². The molecule has 2 aromatic carbocycles. The van der Waals surface area contributed by atoms with Crippen molar-refractivity contribution in [3.05, 3.63) is 59.4 Å². The fourth-order valence-electron chi connectivity index (χ4n) is 3.73. The van der Waals surface area contributed by atoms with Crippen molar-refractivity contribution < 1.29 is 32.3 Å². The van der Waals surface area contributed by atoms with E-state index in [4.69, 9.17) is 13.9 Å². The molecule has 2 heterocycles. The number of piperazine rings is 1. The van der Waals surface area contributed by atoms with Gasteiger partial charge in [0.2, 0.25) is 5.76 Å². The lowest BCUT2D eigenvalue weighted by Gasteiger charge is -2.36. The molecule has 1 aliphatic rings. The number of hydrogen-bond acceptors (Lipinski definition) is 6. The summed E-state index contributed by atoms with van der Waals surface area (Å²) < 4.78 is 43.9. The van der Waals surface area contributed by atoms with Crippen molar-refractivity contribution in [3.8, 4) is 5.75 Å². The van der Waals surface area contributed by atoms with Gasteiger partial charge in [-0.05, 0) is 31.2 Å². The first-order valence-corrected chi connectivity index (χ1v) is 10.2. The summed E-state index contributed by atoms with van der Waals surface area (Å²) in [6.45, 7) is 3.57. The van der Waals surface area contributed by atoms with Crippen molar-refractivity contribution >= 4 is 28.5 Å². The second-order valence-electron chi connectivity index (χ2n) is 7.30. The quantitative estimate of drug-likeness (QED) is 0.557. The molecule has 1 aliphatic heterocycles. The number of esters is 1. The third kappa shape index (κ3) is 4.10. The fourth-order valence-corrected chi connectivity index (χ4v) is 3.73. The number of rotatable bonds is 5. The first-order valence-electron chi connectivity index (χ1n) is 10.2. The van der Waals surface area contributed by atoms with Crippen LogP contribution >= 0.6 is 0 Å². The number of ether oxygens (including phenoxy) is 2. The topological polar surface area (TPSA) is 72.2 Å². The molecule has 0 N–H and O–H groups in total. The van der Waals surface area contributed by atoms with Gasteiger partial charge in [-0.25, -0.2) is 13.6 Å². The summed E-state index contributed by atoms with van der Waals surface area (Å²) in [5.41, 5.74) is 0.879. The predicted octanol–water partition coefficient (Wildman–Crippen LogP) is 3.86. The molecule has 4 rings (SSSR count). The first-order chi connectivity index (χ1) is 15.4. The van der Waals surface area contributed by atoms with E-state index in [1.165, 1.54) is 12.0 Å². The standard InChI is InChI=1S/C23H22F2N2O5/c1-3-31-23(29)20-11-14-10-15(4-5-19(14)32-20)26-6-8-27(9-7-26)22(28)21-17(24)12-16(30-2)13-18(21)25/h4-5,10-13H,3,6-9H2,1-2H3. The number of halogens is 2. The summed E-state index contributed by atoms with van der Waals surface area (Å²) in [6.07, 6.45) is 0. The van der Waals surface area contributed by atoms with Crippen LogP contribution < -0.4 is 9.64 Å². The van der Waals surface area contributed by atoms with Crippen LogP contribution in [0, 0.1) is 11.6 Å². The fraction of sp³-hybridized carbons (Fsp3) is 0.304. The Morgan fingerprint density at radius 1 is 1.03 bits per heavy atom. The number of fused-ring (bicyclic) bond motifs is 1. The molecule has 168 valence electrons. The number of carbonyl (C=O) groups excluding carboxylic acids is 2. The van der Waals surface area contributed by atoms with E-state index in [1.54, 1.807) is 19.1 Å². The van der Waals surface area contributed by atoms with E-state index in [9.17, 15) is 18.4 Å². The number of anilines is 1. The Hall–Kier alpha value is -3.62. The predicted molar refractivity (Wildman–Crippen MR) is 113 cm³/mol. The van der Waals surface area contributed by atoms with Gasteiger partial charge in [0.15, 0.2) is 0 Å². The number of furan rings is 1. The summed E-state index contributed by atoms with van der Waals surface area (Å²) in [6, 6.07) is 9.15. The van der Waals surface area contributed by atoms with Gasteiger partial charge in [-0.3, -0.25) is 4.79 Å². The molecule has 1 saturated heterocycles. The monoisotopic (exact) mass is 444 g/mol. The largest absolute Gasteiger partial charge is 0.497 e. The zero-order valence-corrected chi connectivity index (χ0v) is 17.7. The molecule has 1 fully saturated rings. The van der Waals surface area contributed by atoms with Crippen molar-refractivity contribution in [1.29, 1.82) is 0 Å². The summed E-state index contributed by atoms with van der Waals surface area (Å²) in [5.74, 6) is -2.95. The van der Waals surface area contributed by atoms with Crippen LogP contribution in [0.1, 0.15) is 27.8 Å². The Kier molecular flexibility index (Phi) is 5.98. The van der Waals surface area contributed by atoms with Crippen LogP contribution in [0.15, 0.2) is 40.8 Å². The molecule has 32 heavy (non-hydrogen) atoms. The Morgan fingerprint density at radius 2 is 1.72 bits per heavy atom. The number of methoxy groups -OCH3 is 1. The van der Waals surface area contributed by atoms with Gasteiger partial charge >= 0.3 is 5.97 Å². The van der Waals surface area contributed by atoms with Crippen LogP contribution in [0.5, 0.6) is 5.75 Å². The molecule has 0 bridgehead atoms. The maximum Gasteiger partial charge on any atom is 0.374 e. The number of hydrogen-bond donors (Lipinski definition) is 0. The minimum Gasteiger partial charge on any atom is -0.497 e. The SMILES string of the molecule is CCOC(=O)c1cc2cc(N3CCN(C(=O)c4c(F)cc(OC)cc4F)CC3)ccc2o1. The van der Waals surface area contributed by atoms with Crippen molar-refractivity contribution in [2.24, 2.45) is 0 Å². The van der Waals surface area contributed by atoms with Gasteiger partial charge in [-0.1, -0.05) is 0 Å². The van der Waals surface area contributed by atoms with Gasteiger partial charge < -0.3 is 23.7 Å². The third-order valence-electron chi connectivity index (χ3n) is 5.37. The molecule has 1 aromatic heterocycles. The smallest absolute Gasteiger partial charge is 0.374 e. The molecule has 0 spiro atoms. The molecule has 0 saturated carbocycles. The van der Waals surface area contributed by atoms with E-state index in [2.05, 4.69) is 4.90 Å². The molecule has 1 amide bonds. The van der Waals surface area contributed by atoms with Crippen LogP contribution in [0.3, 0.4) is 0 Å². The van der Waals surface area contributed by atoms with Crippen molar-refractivity contribution in [1.82, 2.24) is 4.90 Å².